The number of amides is 3. The van der Waals surface area contributed by atoms with Gasteiger partial charge >= 0.3 is 0 Å². The summed E-state index contributed by atoms with van der Waals surface area (Å²) in [7, 11) is 1.39. The number of carbonyl (C=O) groups excluding carboxylic acids is 3. The molecule has 1 fully saturated rings. The van der Waals surface area contributed by atoms with Crippen LogP contribution in [0.4, 0.5) is 0 Å². The highest BCUT2D eigenvalue weighted by Crippen LogP contribution is 2.16. The van der Waals surface area contributed by atoms with E-state index in [2.05, 4.69) is 5.32 Å². The normalized spacial score (nSPS) is 18.8. The Morgan fingerprint density at radius 2 is 2.11 bits per heavy atom. The second kappa shape index (κ2) is 5.09. The summed E-state index contributed by atoms with van der Waals surface area (Å²) < 4.78 is 0. The van der Waals surface area contributed by atoms with Crippen LogP contribution in [-0.2, 0) is 20.8 Å². The van der Waals surface area contributed by atoms with Crippen molar-refractivity contribution < 1.29 is 19.5 Å². The molecule has 0 aromatic heterocycles. The molecule has 19 heavy (non-hydrogen) atoms. The molecule has 1 aromatic carbocycles. The minimum atomic E-state index is -0.796. The van der Waals surface area contributed by atoms with E-state index >= 15 is 0 Å². The molecule has 1 atom stereocenters. The van der Waals surface area contributed by atoms with Crippen LogP contribution in [-0.4, -0.2) is 40.8 Å². The van der Waals surface area contributed by atoms with Crippen molar-refractivity contribution in [3.05, 3.63) is 29.8 Å². The second-order valence-electron chi connectivity index (χ2n) is 4.42. The maximum Gasteiger partial charge on any atom is 0.252 e. The molecule has 0 radical (unpaired) electrons. The van der Waals surface area contributed by atoms with E-state index in [1.165, 1.54) is 13.1 Å². The van der Waals surface area contributed by atoms with Gasteiger partial charge in [-0.15, -0.1) is 0 Å². The number of benzene rings is 1. The SMILES string of the molecule is CN1C(=O)CC(NC(=O)Cc2ccccc2O)C1=O. The summed E-state index contributed by atoms with van der Waals surface area (Å²) in [5, 5.41) is 12.1. The number of aromatic hydroxyl groups is 1. The zero-order chi connectivity index (χ0) is 14.0. The van der Waals surface area contributed by atoms with E-state index in [1.54, 1.807) is 18.2 Å². The zero-order valence-electron chi connectivity index (χ0n) is 10.4. The number of para-hydroxylation sites is 1. The molecule has 1 aliphatic heterocycles. The van der Waals surface area contributed by atoms with Gasteiger partial charge in [-0.05, 0) is 6.07 Å². The highest BCUT2D eigenvalue weighted by atomic mass is 16.3. The van der Waals surface area contributed by atoms with Gasteiger partial charge in [0.05, 0.1) is 12.8 Å². The van der Waals surface area contributed by atoms with Crippen LogP contribution >= 0.6 is 0 Å². The third-order valence-electron chi connectivity index (χ3n) is 3.06. The van der Waals surface area contributed by atoms with Crippen LogP contribution in [0, 0.1) is 0 Å². The molecule has 0 aliphatic carbocycles. The summed E-state index contributed by atoms with van der Waals surface area (Å²) >= 11 is 0. The number of carbonyl (C=O) groups is 3. The number of rotatable bonds is 3. The van der Waals surface area contributed by atoms with Crippen molar-refractivity contribution in [3.63, 3.8) is 0 Å². The minimum Gasteiger partial charge on any atom is -0.508 e. The van der Waals surface area contributed by atoms with E-state index in [1.807, 2.05) is 0 Å². The summed E-state index contributed by atoms with van der Waals surface area (Å²) in [6.45, 7) is 0. The standard InChI is InChI=1S/C13H14N2O4/c1-15-12(18)7-9(13(15)19)14-11(17)6-8-4-2-3-5-10(8)16/h2-5,9,16H,6-7H2,1H3,(H,14,17). The van der Waals surface area contributed by atoms with Gasteiger partial charge in [0, 0.05) is 12.6 Å². The fourth-order valence-electron chi connectivity index (χ4n) is 1.95. The van der Waals surface area contributed by atoms with Crippen molar-refractivity contribution in [2.24, 2.45) is 0 Å². The second-order valence-corrected chi connectivity index (χ2v) is 4.42. The van der Waals surface area contributed by atoms with Crippen LogP contribution in [0.2, 0.25) is 0 Å². The maximum absolute atomic E-state index is 11.8. The van der Waals surface area contributed by atoms with Gasteiger partial charge in [-0.2, -0.15) is 0 Å². The molecule has 1 heterocycles. The van der Waals surface area contributed by atoms with Gasteiger partial charge in [0.15, 0.2) is 0 Å². The predicted octanol–water partition coefficient (Wildman–Crippen LogP) is -0.192. The molecule has 3 amide bonds. The first-order chi connectivity index (χ1) is 8.99. The third-order valence-corrected chi connectivity index (χ3v) is 3.06. The van der Waals surface area contributed by atoms with Gasteiger partial charge in [0.2, 0.25) is 11.8 Å². The number of likely N-dealkylation sites (tertiary alicyclic amines) is 1. The van der Waals surface area contributed by atoms with E-state index in [9.17, 15) is 19.5 Å². The van der Waals surface area contributed by atoms with Crippen molar-refractivity contribution in [1.82, 2.24) is 10.2 Å². The van der Waals surface area contributed by atoms with Gasteiger partial charge in [-0.3, -0.25) is 19.3 Å². The van der Waals surface area contributed by atoms with Crippen molar-refractivity contribution in [1.29, 1.82) is 0 Å². The van der Waals surface area contributed by atoms with Crippen LogP contribution in [0.5, 0.6) is 5.75 Å². The maximum atomic E-state index is 11.8. The number of nitrogens with zero attached hydrogens (tertiary/aromatic N) is 1. The van der Waals surface area contributed by atoms with E-state index in [-0.39, 0.29) is 24.5 Å². The molecular formula is C13H14N2O4. The Bertz CT molecular complexity index is 541. The molecule has 2 rings (SSSR count). The van der Waals surface area contributed by atoms with Gasteiger partial charge in [-0.25, -0.2) is 0 Å². The molecule has 2 N–H and O–H groups in total. The lowest BCUT2D eigenvalue weighted by Crippen LogP contribution is -2.41. The van der Waals surface area contributed by atoms with Crippen LogP contribution in [0.15, 0.2) is 24.3 Å². The van der Waals surface area contributed by atoms with Gasteiger partial charge in [-0.1, -0.05) is 18.2 Å². The minimum absolute atomic E-state index is 0.0121. The molecule has 6 heteroatoms. The first-order valence-electron chi connectivity index (χ1n) is 5.85. The lowest BCUT2D eigenvalue weighted by Gasteiger charge is -2.11. The molecule has 100 valence electrons. The summed E-state index contributed by atoms with van der Waals surface area (Å²) in [4.78, 5) is 35.7. The van der Waals surface area contributed by atoms with E-state index in [4.69, 9.17) is 0 Å². The number of imide groups is 1. The van der Waals surface area contributed by atoms with Crippen molar-refractivity contribution in [2.45, 2.75) is 18.9 Å². The average molecular weight is 262 g/mol. The number of hydrogen-bond donors (Lipinski definition) is 2. The Morgan fingerprint density at radius 3 is 2.68 bits per heavy atom. The quantitative estimate of drug-likeness (QED) is 0.739. The summed E-state index contributed by atoms with van der Waals surface area (Å²) in [5.41, 5.74) is 0.477. The Kier molecular flexibility index (Phi) is 3.50. The molecule has 1 aromatic rings. The zero-order valence-corrected chi connectivity index (χ0v) is 10.4. The first-order valence-corrected chi connectivity index (χ1v) is 5.85. The van der Waals surface area contributed by atoms with E-state index in [0.717, 1.165) is 4.90 Å². The molecular weight excluding hydrogens is 248 g/mol. The molecule has 1 aliphatic rings. The monoisotopic (exact) mass is 262 g/mol. The fourth-order valence-corrected chi connectivity index (χ4v) is 1.95. The lowest BCUT2D eigenvalue weighted by molar-refractivity contribution is -0.138. The van der Waals surface area contributed by atoms with E-state index in [0.29, 0.717) is 5.56 Å². The summed E-state index contributed by atoms with van der Waals surface area (Å²) in [6, 6.07) is 5.69. The molecule has 0 saturated carbocycles. The van der Waals surface area contributed by atoms with Crippen LogP contribution in [0.3, 0.4) is 0 Å². The number of phenolic OH excluding ortho intramolecular Hbond substituents is 1. The fraction of sp³-hybridized carbons (Fsp3) is 0.308. The topological polar surface area (TPSA) is 86.7 Å². The molecule has 1 unspecified atom stereocenters. The highest BCUT2D eigenvalue weighted by molar-refractivity contribution is 6.06. The molecule has 1 saturated heterocycles. The Labute approximate surface area is 110 Å². The van der Waals surface area contributed by atoms with E-state index < -0.39 is 17.9 Å². The number of likely N-dealkylation sites (N-methyl/N-ethyl adjacent to an activating group) is 1. The number of phenols is 1. The average Bonchev–Trinajstić information content (AvgIpc) is 2.60. The summed E-state index contributed by atoms with van der Waals surface area (Å²) in [5.74, 6) is -1.08. The van der Waals surface area contributed by atoms with Crippen LogP contribution < -0.4 is 5.32 Å². The summed E-state index contributed by atoms with van der Waals surface area (Å²) in [6.07, 6.45) is -0.0454. The van der Waals surface area contributed by atoms with Gasteiger partial charge in [0.25, 0.3) is 5.91 Å². The van der Waals surface area contributed by atoms with Crippen molar-refractivity contribution in [3.8, 4) is 5.75 Å². The van der Waals surface area contributed by atoms with Gasteiger partial charge in [0.1, 0.15) is 11.8 Å². The smallest absolute Gasteiger partial charge is 0.252 e. The Morgan fingerprint density at radius 1 is 1.42 bits per heavy atom. The Balaban J connectivity index is 1.98. The highest BCUT2D eigenvalue weighted by Gasteiger charge is 2.36. The third kappa shape index (κ3) is 2.73. The molecule has 0 spiro atoms. The van der Waals surface area contributed by atoms with Crippen molar-refractivity contribution >= 4 is 17.7 Å². The molecule has 0 bridgehead atoms. The van der Waals surface area contributed by atoms with Crippen LogP contribution in [0.25, 0.3) is 0 Å². The largest absolute Gasteiger partial charge is 0.508 e. The number of nitrogens with one attached hydrogen (secondary N) is 1. The first kappa shape index (κ1) is 13.1. The van der Waals surface area contributed by atoms with Crippen LogP contribution in [0.1, 0.15) is 12.0 Å². The lowest BCUT2D eigenvalue weighted by atomic mass is 10.1. The van der Waals surface area contributed by atoms with Crippen molar-refractivity contribution in [2.75, 3.05) is 7.05 Å². The predicted molar refractivity (Wildman–Crippen MR) is 66.1 cm³/mol. The Hall–Kier alpha value is -2.37. The molecule has 6 nitrogen and oxygen atoms in total. The van der Waals surface area contributed by atoms with Gasteiger partial charge < -0.3 is 10.4 Å². The number of hydrogen-bond acceptors (Lipinski definition) is 4.